The molecule has 7 heteroatoms. The van der Waals surface area contributed by atoms with Gasteiger partial charge in [-0.15, -0.1) is 0 Å². The molecule has 2 aromatic rings. The number of amides is 1. The van der Waals surface area contributed by atoms with Gasteiger partial charge in [-0.3, -0.25) is 4.79 Å². The maximum Gasteiger partial charge on any atom is 0.335 e. The van der Waals surface area contributed by atoms with Crippen LogP contribution in [0.1, 0.15) is 46.4 Å². The third kappa shape index (κ3) is 4.62. The summed E-state index contributed by atoms with van der Waals surface area (Å²) in [6, 6.07) is 9.69. The van der Waals surface area contributed by atoms with Crippen molar-refractivity contribution < 1.29 is 28.9 Å². The summed E-state index contributed by atoms with van der Waals surface area (Å²) in [5.74, 6) is -2.27. The van der Waals surface area contributed by atoms with Gasteiger partial charge in [0.25, 0.3) is 5.91 Å². The fourth-order valence-corrected chi connectivity index (χ4v) is 3.04. The zero-order valence-electron chi connectivity index (χ0n) is 14.5. The molecule has 3 rings (SSSR count). The number of aliphatic hydroxyl groups is 1. The molecule has 0 bridgehead atoms. The average Bonchev–Trinajstić information content (AvgIpc) is 2.65. The van der Waals surface area contributed by atoms with E-state index in [9.17, 15) is 19.1 Å². The van der Waals surface area contributed by atoms with Crippen molar-refractivity contribution >= 4 is 17.6 Å². The molecule has 1 saturated carbocycles. The van der Waals surface area contributed by atoms with E-state index in [0.717, 1.165) is 37.8 Å². The first kappa shape index (κ1) is 18.8. The van der Waals surface area contributed by atoms with E-state index < -0.39 is 23.8 Å². The molecule has 2 atom stereocenters. The SMILES string of the molecule is O=C(O)c1ccc(C(=O)Nc2ccc(OC3CCCCC3O)cc2)c(F)c1. The van der Waals surface area contributed by atoms with Crippen molar-refractivity contribution in [1.82, 2.24) is 0 Å². The average molecular weight is 373 g/mol. The van der Waals surface area contributed by atoms with Crippen LogP contribution in [0.4, 0.5) is 10.1 Å². The number of carbonyl (C=O) groups excluding carboxylic acids is 1. The van der Waals surface area contributed by atoms with E-state index in [1.807, 2.05) is 0 Å². The fourth-order valence-electron chi connectivity index (χ4n) is 3.04. The summed E-state index contributed by atoms with van der Waals surface area (Å²) in [4.78, 5) is 23.0. The number of ether oxygens (including phenoxy) is 1. The Morgan fingerprint density at radius 2 is 1.78 bits per heavy atom. The van der Waals surface area contributed by atoms with Crippen molar-refractivity contribution in [2.45, 2.75) is 37.9 Å². The fraction of sp³-hybridized carbons (Fsp3) is 0.300. The van der Waals surface area contributed by atoms with Crippen molar-refractivity contribution in [1.29, 1.82) is 0 Å². The maximum absolute atomic E-state index is 14.0. The molecule has 0 aliphatic heterocycles. The van der Waals surface area contributed by atoms with Crippen LogP contribution in [0.5, 0.6) is 5.75 Å². The number of nitrogens with one attached hydrogen (secondary N) is 1. The molecule has 1 fully saturated rings. The molecule has 0 spiro atoms. The standard InChI is InChI=1S/C20H20FNO5/c21-16-11-12(20(25)26)5-10-15(16)19(24)22-13-6-8-14(9-7-13)27-18-4-2-1-3-17(18)23/h5-11,17-18,23H,1-4H2,(H,22,24)(H,25,26). The lowest BCUT2D eigenvalue weighted by Crippen LogP contribution is -2.34. The number of halogens is 1. The molecule has 0 saturated heterocycles. The Hall–Kier alpha value is -2.93. The molecule has 1 aliphatic carbocycles. The summed E-state index contributed by atoms with van der Waals surface area (Å²) in [6.45, 7) is 0. The Labute approximate surface area is 155 Å². The van der Waals surface area contributed by atoms with Crippen LogP contribution < -0.4 is 10.1 Å². The smallest absolute Gasteiger partial charge is 0.335 e. The van der Waals surface area contributed by atoms with Gasteiger partial charge in [-0.05, 0) is 61.7 Å². The van der Waals surface area contributed by atoms with Crippen LogP contribution in [0, 0.1) is 5.82 Å². The lowest BCUT2D eigenvalue weighted by atomic mass is 9.95. The second-order valence-electron chi connectivity index (χ2n) is 6.49. The first-order valence-electron chi connectivity index (χ1n) is 8.73. The van der Waals surface area contributed by atoms with Crippen molar-refractivity contribution in [3.8, 4) is 5.75 Å². The van der Waals surface area contributed by atoms with Crippen LogP contribution in [0.2, 0.25) is 0 Å². The molecule has 27 heavy (non-hydrogen) atoms. The molecule has 3 N–H and O–H groups in total. The van der Waals surface area contributed by atoms with Gasteiger partial charge in [-0.1, -0.05) is 6.42 Å². The zero-order valence-corrected chi connectivity index (χ0v) is 14.5. The number of carboxylic acid groups (broad SMARTS) is 1. The predicted octanol–water partition coefficient (Wildman–Crippen LogP) is 3.46. The van der Waals surface area contributed by atoms with Gasteiger partial charge in [0.15, 0.2) is 0 Å². The lowest BCUT2D eigenvalue weighted by Gasteiger charge is -2.28. The highest BCUT2D eigenvalue weighted by atomic mass is 19.1. The Morgan fingerprint density at radius 1 is 1.07 bits per heavy atom. The quantitative estimate of drug-likeness (QED) is 0.746. The first-order valence-corrected chi connectivity index (χ1v) is 8.73. The molecule has 6 nitrogen and oxygen atoms in total. The number of carbonyl (C=O) groups is 2. The van der Waals surface area contributed by atoms with Gasteiger partial charge in [0, 0.05) is 5.69 Å². The van der Waals surface area contributed by atoms with Gasteiger partial charge >= 0.3 is 5.97 Å². The van der Waals surface area contributed by atoms with Gasteiger partial charge in [0.1, 0.15) is 17.7 Å². The molecule has 1 amide bonds. The Morgan fingerprint density at radius 3 is 2.41 bits per heavy atom. The van der Waals surface area contributed by atoms with Gasteiger partial charge in [-0.25, -0.2) is 9.18 Å². The van der Waals surface area contributed by atoms with Crippen molar-refractivity contribution in [2.75, 3.05) is 5.32 Å². The summed E-state index contributed by atoms with van der Waals surface area (Å²) in [5.41, 5.74) is -0.0284. The monoisotopic (exact) mass is 373 g/mol. The van der Waals surface area contributed by atoms with Crippen LogP contribution in [0.15, 0.2) is 42.5 Å². The van der Waals surface area contributed by atoms with Crippen LogP contribution in [0.3, 0.4) is 0 Å². The highest BCUT2D eigenvalue weighted by molar-refractivity contribution is 6.05. The molecule has 142 valence electrons. The molecule has 1 aliphatic rings. The number of hydrogen-bond donors (Lipinski definition) is 3. The Balaban J connectivity index is 1.64. The third-order valence-electron chi connectivity index (χ3n) is 4.53. The zero-order chi connectivity index (χ0) is 19.4. The largest absolute Gasteiger partial charge is 0.488 e. The normalized spacial score (nSPS) is 19.3. The predicted molar refractivity (Wildman–Crippen MR) is 96.6 cm³/mol. The van der Waals surface area contributed by atoms with E-state index >= 15 is 0 Å². The molecule has 2 aromatic carbocycles. The lowest BCUT2D eigenvalue weighted by molar-refractivity contribution is 0.00688. The van der Waals surface area contributed by atoms with Crippen LogP contribution in [-0.2, 0) is 0 Å². The molecule has 0 heterocycles. The summed E-state index contributed by atoms with van der Waals surface area (Å²) < 4.78 is 19.7. The van der Waals surface area contributed by atoms with E-state index in [4.69, 9.17) is 9.84 Å². The highest BCUT2D eigenvalue weighted by Crippen LogP contribution is 2.25. The van der Waals surface area contributed by atoms with Crippen LogP contribution >= 0.6 is 0 Å². The van der Waals surface area contributed by atoms with E-state index in [-0.39, 0.29) is 17.2 Å². The topological polar surface area (TPSA) is 95.9 Å². The van der Waals surface area contributed by atoms with Crippen molar-refractivity contribution in [3.05, 3.63) is 59.4 Å². The van der Waals surface area contributed by atoms with Crippen molar-refractivity contribution in [2.24, 2.45) is 0 Å². The number of rotatable bonds is 5. The van der Waals surface area contributed by atoms with Crippen molar-refractivity contribution in [3.63, 3.8) is 0 Å². The van der Waals surface area contributed by atoms with E-state index in [1.54, 1.807) is 24.3 Å². The first-order chi connectivity index (χ1) is 12.9. The van der Waals surface area contributed by atoms with E-state index in [0.29, 0.717) is 11.4 Å². The van der Waals surface area contributed by atoms with Gasteiger partial charge in [0.2, 0.25) is 0 Å². The Bertz CT molecular complexity index is 837. The van der Waals surface area contributed by atoms with E-state index in [1.165, 1.54) is 6.07 Å². The Kier molecular flexibility index (Phi) is 5.71. The highest BCUT2D eigenvalue weighted by Gasteiger charge is 2.24. The number of hydrogen-bond acceptors (Lipinski definition) is 4. The molecular formula is C20H20FNO5. The second-order valence-corrected chi connectivity index (χ2v) is 6.49. The molecule has 0 radical (unpaired) electrons. The summed E-state index contributed by atoms with van der Waals surface area (Å²) in [7, 11) is 0. The molecular weight excluding hydrogens is 353 g/mol. The summed E-state index contributed by atoms with van der Waals surface area (Å²) in [5, 5.41) is 21.4. The number of aromatic carboxylic acids is 1. The number of anilines is 1. The number of carboxylic acids is 1. The second kappa shape index (κ2) is 8.18. The third-order valence-corrected chi connectivity index (χ3v) is 4.53. The molecule has 0 aromatic heterocycles. The summed E-state index contributed by atoms with van der Waals surface area (Å²) >= 11 is 0. The van der Waals surface area contributed by atoms with E-state index in [2.05, 4.69) is 5.32 Å². The summed E-state index contributed by atoms with van der Waals surface area (Å²) in [6.07, 6.45) is 2.82. The van der Waals surface area contributed by atoms with Gasteiger partial charge in [0.05, 0.1) is 17.2 Å². The van der Waals surface area contributed by atoms with Gasteiger partial charge < -0.3 is 20.3 Å². The minimum atomic E-state index is -1.26. The number of benzene rings is 2. The maximum atomic E-state index is 14.0. The minimum Gasteiger partial charge on any atom is -0.488 e. The van der Waals surface area contributed by atoms with Gasteiger partial charge in [-0.2, -0.15) is 0 Å². The number of aliphatic hydroxyl groups excluding tert-OH is 1. The van der Waals surface area contributed by atoms with Crippen LogP contribution in [0.25, 0.3) is 0 Å². The minimum absolute atomic E-state index is 0.226. The molecule has 2 unspecified atom stereocenters. The van der Waals surface area contributed by atoms with Crippen LogP contribution in [-0.4, -0.2) is 34.3 Å².